The number of benzene rings is 1. The van der Waals surface area contributed by atoms with E-state index in [4.69, 9.17) is 15.9 Å². The largest absolute Gasteiger partial charge is 0.504 e. The molecule has 7 nitrogen and oxygen atoms in total. The second kappa shape index (κ2) is 8.96. The van der Waals surface area contributed by atoms with Crippen LogP contribution in [0.1, 0.15) is 17.4 Å². The topological polar surface area (TPSA) is 127 Å². The Hall–Kier alpha value is -2.09. The van der Waals surface area contributed by atoms with Gasteiger partial charge in [0.25, 0.3) is 0 Å². The molecule has 1 heterocycles. The van der Waals surface area contributed by atoms with Crippen molar-refractivity contribution in [3.63, 3.8) is 0 Å². The lowest BCUT2D eigenvalue weighted by Crippen LogP contribution is -2.16. The molecule has 0 aliphatic carbocycles. The van der Waals surface area contributed by atoms with E-state index in [1.807, 2.05) is 0 Å². The van der Waals surface area contributed by atoms with Crippen LogP contribution >= 0.6 is 0 Å². The highest BCUT2D eigenvalue weighted by molar-refractivity contribution is 5.41. The summed E-state index contributed by atoms with van der Waals surface area (Å²) in [4.78, 5) is 6.78. The number of nitrogens with zero attached hydrogens (tertiary/aromatic N) is 1. The van der Waals surface area contributed by atoms with Crippen molar-refractivity contribution in [2.24, 2.45) is 5.73 Å². The molecule has 0 saturated heterocycles. The number of aromatic hydroxyl groups is 2. The van der Waals surface area contributed by atoms with Gasteiger partial charge in [0, 0.05) is 24.9 Å². The van der Waals surface area contributed by atoms with Gasteiger partial charge in [-0.3, -0.25) is 0 Å². The van der Waals surface area contributed by atoms with Crippen molar-refractivity contribution < 1.29 is 15.3 Å². The van der Waals surface area contributed by atoms with E-state index in [9.17, 15) is 5.11 Å². The molecule has 7 N–H and O–H groups in total. The lowest BCUT2D eigenvalue weighted by molar-refractivity contribution is 0.177. The van der Waals surface area contributed by atoms with Crippen LogP contribution in [0.15, 0.2) is 30.7 Å². The number of phenolic OH excluding ortho intramolecular Hbond substituents is 2. The van der Waals surface area contributed by atoms with Gasteiger partial charge in [-0.15, -0.1) is 0 Å². The number of phenols is 2. The number of hydrogen-bond donors (Lipinski definition) is 6. The Labute approximate surface area is 123 Å². The van der Waals surface area contributed by atoms with E-state index < -0.39 is 6.10 Å². The minimum absolute atomic E-state index is 0.180. The molecule has 0 radical (unpaired) electrons. The molecule has 116 valence electrons. The van der Waals surface area contributed by atoms with E-state index in [1.165, 1.54) is 12.1 Å². The molecule has 2 aromatic rings. The third kappa shape index (κ3) is 5.82. The van der Waals surface area contributed by atoms with Gasteiger partial charge in [0.2, 0.25) is 0 Å². The maximum Gasteiger partial charge on any atom is 0.157 e. The van der Waals surface area contributed by atoms with Gasteiger partial charge in [0.05, 0.1) is 12.4 Å². The fourth-order valence-corrected chi connectivity index (χ4v) is 1.64. The Morgan fingerprint density at radius 3 is 2.62 bits per heavy atom. The number of hydrogen-bond acceptors (Lipinski definition) is 6. The molecule has 0 fully saturated rings. The highest BCUT2D eigenvalue weighted by Gasteiger charge is 2.08. The molecule has 1 aromatic heterocycles. The Morgan fingerprint density at radius 2 is 2.10 bits per heavy atom. The number of likely N-dealkylation sites (N-methyl/N-ethyl adjacent to an activating group) is 1. The quantitative estimate of drug-likeness (QED) is 0.439. The van der Waals surface area contributed by atoms with Gasteiger partial charge in [-0.2, -0.15) is 0 Å². The number of aliphatic hydroxyl groups is 1. The number of nitrogens with two attached hydrogens (primary N) is 1. The summed E-state index contributed by atoms with van der Waals surface area (Å²) in [5, 5.41) is 30.4. The van der Waals surface area contributed by atoms with Crippen molar-refractivity contribution in [1.29, 1.82) is 0 Å². The molecule has 1 atom stereocenters. The lowest BCUT2D eigenvalue weighted by Gasteiger charge is -2.10. The first kappa shape index (κ1) is 17.0. The predicted molar refractivity (Wildman–Crippen MR) is 80.0 cm³/mol. The normalized spacial score (nSPS) is 11.6. The van der Waals surface area contributed by atoms with E-state index in [0.717, 1.165) is 12.1 Å². The zero-order chi connectivity index (χ0) is 15.7. The van der Waals surface area contributed by atoms with Crippen molar-refractivity contribution >= 4 is 0 Å². The number of aromatic amines is 1. The molecule has 0 unspecified atom stereocenters. The summed E-state index contributed by atoms with van der Waals surface area (Å²) >= 11 is 0. The van der Waals surface area contributed by atoms with Crippen LogP contribution in [-0.4, -0.2) is 45.4 Å². The van der Waals surface area contributed by atoms with Crippen LogP contribution in [-0.2, 0) is 6.42 Å². The zero-order valence-corrected chi connectivity index (χ0v) is 12.0. The summed E-state index contributed by atoms with van der Waals surface area (Å²) in [6, 6.07) is 4.26. The first-order chi connectivity index (χ1) is 10.1. The molecule has 0 saturated carbocycles. The highest BCUT2D eigenvalue weighted by Crippen LogP contribution is 2.27. The number of aromatic nitrogens is 2. The summed E-state index contributed by atoms with van der Waals surface area (Å²) in [7, 11) is 1.73. The van der Waals surface area contributed by atoms with Crippen LogP contribution in [0.25, 0.3) is 0 Å². The van der Waals surface area contributed by atoms with Crippen LogP contribution in [0.4, 0.5) is 0 Å². The molecule has 7 heteroatoms. The van der Waals surface area contributed by atoms with Gasteiger partial charge in [-0.25, -0.2) is 4.98 Å². The van der Waals surface area contributed by atoms with E-state index >= 15 is 0 Å². The third-order valence-corrected chi connectivity index (χ3v) is 2.75. The molecule has 0 bridgehead atoms. The average Bonchev–Trinajstić information content (AvgIpc) is 2.96. The number of imidazole rings is 1. The van der Waals surface area contributed by atoms with E-state index in [-0.39, 0.29) is 11.5 Å². The van der Waals surface area contributed by atoms with Crippen LogP contribution in [0, 0.1) is 0 Å². The number of H-pyrrole nitrogens is 1. The molecule has 21 heavy (non-hydrogen) atoms. The fourth-order valence-electron chi connectivity index (χ4n) is 1.64. The number of aliphatic hydroxyl groups excluding tert-OH is 1. The fraction of sp³-hybridized carbons (Fsp3) is 0.357. The van der Waals surface area contributed by atoms with E-state index in [1.54, 1.807) is 25.6 Å². The zero-order valence-electron chi connectivity index (χ0n) is 12.0. The summed E-state index contributed by atoms with van der Waals surface area (Å²) in [5.74, 6) is -0.395. The molecular weight excluding hydrogens is 272 g/mol. The minimum Gasteiger partial charge on any atom is -0.504 e. The van der Waals surface area contributed by atoms with Gasteiger partial charge in [0.15, 0.2) is 11.5 Å². The Kier molecular flexibility index (Phi) is 7.24. The molecule has 0 amide bonds. The van der Waals surface area contributed by atoms with Gasteiger partial charge in [-0.1, -0.05) is 6.07 Å². The van der Waals surface area contributed by atoms with Crippen LogP contribution in [0.5, 0.6) is 11.5 Å². The second-order valence-electron chi connectivity index (χ2n) is 4.44. The second-order valence-corrected chi connectivity index (χ2v) is 4.44. The first-order valence-electron chi connectivity index (χ1n) is 6.60. The summed E-state index contributed by atoms with van der Waals surface area (Å²) in [6.45, 7) is 1.09. The monoisotopic (exact) mass is 294 g/mol. The number of nitrogens with one attached hydrogen (secondary N) is 2. The van der Waals surface area contributed by atoms with Gasteiger partial charge >= 0.3 is 0 Å². The lowest BCUT2D eigenvalue weighted by atomic mass is 10.1. The van der Waals surface area contributed by atoms with E-state index in [2.05, 4.69) is 15.3 Å². The highest BCUT2D eigenvalue weighted by atomic mass is 16.3. The minimum atomic E-state index is -0.670. The van der Waals surface area contributed by atoms with Crippen molar-refractivity contribution in [3.05, 3.63) is 42.0 Å². The molecule has 0 spiro atoms. The van der Waals surface area contributed by atoms with Gasteiger partial charge in [-0.05, 0) is 31.3 Å². The Balaban J connectivity index is 0.000000235. The third-order valence-electron chi connectivity index (χ3n) is 2.75. The van der Waals surface area contributed by atoms with Crippen molar-refractivity contribution in [2.45, 2.75) is 12.5 Å². The van der Waals surface area contributed by atoms with Gasteiger partial charge in [0.1, 0.15) is 0 Å². The maximum absolute atomic E-state index is 9.48. The molecule has 0 aliphatic rings. The standard InChI is InChI=1S/C9H13NO3.C5H9N3/c1-10-5-9(13)6-2-3-7(11)8(12)4-6;6-2-1-5-3-7-4-8-5/h2-4,9-13H,5H2,1H3;3-4H,1-2,6H2,(H,7,8)/t9-;/m0./s1. The first-order valence-corrected chi connectivity index (χ1v) is 6.60. The SMILES string of the molecule is CNC[C@H](O)c1ccc(O)c(O)c1.NCCc1cnc[nH]1. The van der Waals surface area contributed by atoms with Crippen molar-refractivity contribution in [3.8, 4) is 11.5 Å². The Morgan fingerprint density at radius 1 is 1.33 bits per heavy atom. The van der Waals surface area contributed by atoms with Gasteiger partial charge < -0.3 is 31.4 Å². The van der Waals surface area contributed by atoms with Crippen molar-refractivity contribution in [1.82, 2.24) is 15.3 Å². The average molecular weight is 294 g/mol. The van der Waals surface area contributed by atoms with Crippen LogP contribution in [0.3, 0.4) is 0 Å². The number of rotatable bonds is 5. The predicted octanol–water partition coefficient (Wildman–Crippen LogP) is 0.261. The Bertz CT molecular complexity index is 517. The van der Waals surface area contributed by atoms with E-state index in [0.29, 0.717) is 18.7 Å². The molecule has 1 aromatic carbocycles. The maximum atomic E-state index is 9.48. The molecular formula is C14H22N4O3. The molecule has 0 aliphatic heterocycles. The molecule has 2 rings (SSSR count). The van der Waals surface area contributed by atoms with Crippen LogP contribution < -0.4 is 11.1 Å². The van der Waals surface area contributed by atoms with Crippen molar-refractivity contribution in [2.75, 3.05) is 20.1 Å². The summed E-state index contributed by atoms with van der Waals surface area (Å²) in [5.41, 5.74) is 6.95. The van der Waals surface area contributed by atoms with Crippen LogP contribution in [0.2, 0.25) is 0 Å². The summed E-state index contributed by atoms with van der Waals surface area (Å²) < 4.78 is 0. The smallest absolute Gasteiger partial charge is 0.157 e. The summed E-state index contributed by atoms with van der Waals surface area (Å²) in [6.07, 6.45) is 3.66.